The summed E-state index contributed by atoms with van der Waals surface area (Å²) in [4.78, 5) is 24.4. The van der Waals surface area contributed by atoms with E-state index in [4.69, 9.17) is 0 Å². The third-order valence-corrected chi connectivity index (χ3v) is 5.47. The van der Waals surface area contributed by atoms with Crippen LogP contribution in [0.15, 0.2) is 0 Å². The van der Waals surface area contributed by atoms with Crippen LogP contribution in [-0.4, -0.2) is 23.9 Å². The van der Waals surface area contributed by atoms with Gasteiger partial charge in [-0.25, -0.2) is 0 Å². The van der Waals surface area contributed by atoms with Crippen LogP contribution in [0.25, 0.3) is 0 Å². The van der Waals surface area contributed by atoms with Crippen LogP contribution in [0.1, 0.15) is 117 Å². The maximum atomic E-state index is 12.2. The lowest BCUT2D eigenvalue weighted by Gasteiger charge is -2.33. The molecule has 0 aliphatic heterocycles. The second-order valence-corrected chi connectivity index (χ2v) is 7.96. The summed E-state index contributed by atoms with van der Waals surface area (Å²) in [6.07, 6.45) is 17.2. The standard InChI is InChI=1S/C22H42N2O2/c1-3-5-7-9-11-17-21(25)23-19-15-13-14-16-20(19)24-22(26)18-12-10-8-6-4-2/h19-20H,3-18H2,1-2H3,(H,23,25)(H,24,26)/t19-,20-/m0/s1. The predicted molar refractivity (Wildman–Crippen MR) is 109 cm³/mol. The van der Waals surface area contributed by atoms with Crippen molar-refractivity contribution < 1.29 is 9.59 Å². The normalized spacial score (nSPS) is 19.9. The smallest absolute Gasteiger partial charge is 0.220 e. The summed E-state index contributed by atoms with van der Waals surface area (Å²) in [6, 6.07) is 0.242. The highest BCUT2D eigenvalue weighted by molar-refractivity contribution is 5.77. The van der Waals surface area contributed by atoms with Crippen molar-refractivity contribution in [2.75, 3.05) is 0 Å². The minimum absolute atomic E-state index is 0.121. The minimum Gasteiger partial charge on any atom is -0.351 e. The second kappa shape index (κ2) is 15.0. The molecule has 2 atom stereocenters. The van der Waals surface area contributed by atoms with E-state index in [0.29, 0.717) is 12.8 Å². The molecule has 0 bridgehead atoms. The minimum atomic E-state index is 0.121. The molecule has 4 heteroatoms. The van der Waals surface area contributed by atoms with Gasteiger partial charge in [0, 0.05) is 24.9 Å². The fourth-order valence-corrected chi connectivity index (χ4v) is 3.81. The summed E-state index contributed by atoms with van der Waals surface area (Å²) in [7, 11) is 0. The third-order valence-electron chi connectivity index (χ3n) is 5.47. The Labute approximate surface area is 161 Å². The van der Waals surface area contributed by atoms with Crippen molar-refractivity contribution in [3.05, 3.63) is 0 Å². The number of hydrogen-bond donors (Lipinski definition) is 2. The second-order valence-electron chi connectivity index (χ2n) is 7.96. The molecule has 1 rings (SSSR count). The van der Waals surface area contributed by atoms with E-state index >= 15 is 0 Å². The van der Waals surface area contributed by atoms with Crippen LogP contribution < -0.4 is 10.6 Å². The van der Waals surface area contributed by atoms with Crippen LogP contribution in [0.3, 0.4) is 0 Å². The molecule has 1 aliphatic rings. The van der Waals surface area contributed by atoms with Crippen LogP contribution in [0.2, 0.25) is 0 Å². The van der Waals surface area contributed by atoms with Gasteiger partial charge in [-0.2, -0.15) is 0 Å². The van der Waals surface area contributed by atoms with Crippen molar-refractivity contribution in [1.29, 1.82) is 0 Å². The lowest BCUT2D eigenvalue weighted by Crippen LogP contribution is -2.53. The highest BCUT2D eigenvalue weighted by atomic mass is 16.2. The highest BCUT2D eigenvalue weighted by Crippen LogP contribution is 2.19. The van der Waals surface area contributed by atoms with Crippen LogP contribution in [0.4, 0.5) is 0 Å². The van der Waals surface area contributed by atoms with E-state index in [9.17, 15) is 9.59 Å². The SMILES string of the molecule is CCCCCCCC(=O)N[C@H]1CCCC[C@@H]1NC(=O)CCCCCCC. The molecule has 0 aromatic carbocycles. The van der Waals surface area contributed by atoms with Crippen LogP contribution >= 0.6 is 0 Å². The number of rotatable bonds is 14. The van der Waals surface area contributed by atoms with Gasteiger partial charge in [0.2, 0.25) is 11.8 Å². The first kappa shape index (κ1) is 23.0. The van der Waals surface area contributed by atoms with Gasteiger partial charge in [-0.15, -0.1) is 0 Å². The number of carbonyl (C=O) groups excluding carboxylic acids is 2. The number of carbonyl (C=O) groups is 2. The van der Waals surface area contributed by atoms with E-state index in [-0.39, 0.29) is 23.9 Å². The molecule has 1 aliphatic carbocycles. The predicted octanol–water partition coefficient (Wildman–Crippen LogP) is 5.25. The molecule has 4 nitrogen and oxygen atoms in total. The fraction of sp³-hybridized carbons (Fsp3) is 0.909. The van der Waals surface area contributed by atoms with Crippen molar-refractivity contribution in [3.8, 4) is 0 Å². The van der Waals surface area contributed by atoms with E-state index in [1.807, 2.05) is 0 Å². The first-order chi connectivity index (χ1) is 12.7. The zero-order chi connectivity index (χ0) is 19.0. The lowest BCUT2D eigenvalue weighted by atomic mass is 9.90. The van der Waals surface area contributed by atoms with E-state index in [0.717, 1.165) is 51.4 Å². The fourth-order valence-electron chi connectivity index (χ4n) is 3.81. The zero-order valence-corrected chi connectivity index (χ0v) is 17.3. The summed E-state index contributed by atoms with van der Waals surface area (Å²) in [5, 5.41) is 6.39. The van der Waals surface area contributed by atoms with Crippen LogP contribution in [-0.2, 0) is 9.59 Å². The first-order valence-corrected chi connectivity index (χ1v) is 11.3. The Kier molecular flexibility index (Phi) is 13.3. The van der Waals surface area contributed by atoms with E-state index in [1.54, 1.807) is 0 Å². The number of unbranched alkanes of at least 4 members (excludes halogenated alkanes) is 8. The van der Waals surface area contributed by atoms with Crippen molar-refractivity contribution in [2.24, 2.45) is 0 Å². The molecular formula is C22H42N2O2. The van der Waals surface area contributed by atoms with Gasteiger partial charge in [0.25, 0.3) is 0 Å². The summed E-state index contributed by atoms with van der Waals surface area (Å²) in [6.45, 7) is 4.41. The molecule has 2 N–H and O–H groups in total. The maximum Gasteiger partial charge on any atom is 0.220 e. The Balaban J connectivity index is 2.25. The van der Waals surface area contributed by atoms with Gasteiger partial charge in [0.1, 0.15) is 0 Å². The largest absolute Gasteiger partial charge is 0.351 e. The Morgan fingerprint density at radius 3 is 1.42 bits per heavy atom. The molecule has 0 saturated heterocycles. The topological polar surface area (TPSA) is 58.2 Å². The van der Waals surface area contributed by atoms with E-state index in [1.165, 1.54) is 38.5 Å². The Hall–Kier alpha value is -1.06. The third kappa shape index (κ3) is 10.8. The number of amides is 2. The molecule has 0 aromatic heterocycles. The molecule has 0 spiro atoms. The van der Waals surface area contributed by atoms with Gasteiger partial charge >= 0.3 is 0 Å². The van der Waals surface area contributed by atoms with Crippen LogP contribution in [0, 0.1) is 0 Å². The molecule has 1 fully saturated rings. The zero-order valence-electron chi connectivity index (χ0n) is 17.3. The summed E-state index contributed by atoms with van der Waals surface area (Å²) in [5.41, 5.74) is 0. The molecule has 2 amide bonds. The maximum absolute atomic E-state index is 12.2. The average molecular weight is 367 g/mol. The molecule has 0 radical (unpaired) electrons. The average Bonchev–Trinajstić information content (AvgIpc) is 2.63. The quantitative estimate of drug-likeness (QED) is 0.412. The summed E-state index contributed by atoms with van der Waals surface area (Å²) < 4.78 is 0. The molecule has 0 heterocycles. The van der Waals surface area contributed by atoms with Gasteiger partial charge in [-0.05, 0) is 25.7 Å². The molecular weight excluding hydrogens is 324 g/mol. The van der Waals surface area contributed by atoms with Gasteiger partial charge in [0.05, 0.1) is 0 Å². The van der Waals surface area contributed by atoms with Gasteiger partial charge in [0.15, 0.2) is 0 Å². The van der Waals surface area contributed by atoms with Crippen molar-refractivity contribution in [2.45, 2.75) is 129 Å². The van der Waals surface area contributed by atoms with Gasteiger partial charge < -0.3 is 10.6 Å². The van der Waals surface area contributed by atoms with Crippen LogP contribution in [0.5, 0.6) is 0 Å². The highest BCUT2D eigenvalue weighted by Gasteiger charge is 2.27. The van der Waals surface area contributed by atoms with E-state index in [2.05, 4.69) is 24.5 Å². The first-order valence-electron chi connectivity index (χ1n) is 11.3. The Morgan fingerprint density at radius 1 is 0.654 bits per heavy atom. The Morgan fingerprint density at radius 2 is 1.04 bits per heavy atom. The van der Waals surface area contributed by atoms with Crippen molar-refractivity contribution in [1.82, 2.24) is 10.6 Å². The van der Waals surface area contributed by atoms with E-state index < -0.39 is 0 Å². The molecule has 1 saturated carbocycles. The number of hydrogen-bond acceptors (Lipinski definition) is 2. The molecule has 0 unspecified atom stereocenters. The molecule has 26 heavy (non-hydrogen) atoms. The summed E-state index contributed by atoms with van der Waals surface area (Å²) >= 11 is 0. The van der Waals surface area contributed by atoms with Gasteiger partial charge in [-0.3, -0.25) is 9.59 Å². The summed E-state index contributed by atoms with van der Waals surface area (Å²) in [5.74, 6) is 0.319. The lowest BCUT2D eigenvalue weighted by molar-refractivity contribution is -0.125. The number of nitrogens with one attached hydrogen (secondary N) is 2. The Bertz CT molecular complexity index is 348. The monoisotopic (exact) mass is 366 g/mol. The van der Waals surface area contributed by atoms with Crippen molar-refractivity contribution >= 4 is 11.8 Å². The van der Waals surface area contributed by atoms with Crippen molar-refractivity contribution in [3.63, 3.8) is 0 Å². The molecule has 0 aromatic rings. The van der Waals surface area contributed by atoms with Gasteiger partial charge in [-0.1, -0.05) is 78.1 Å². The molecule has 152 valence electrons.